The molecule has 6 nitrogen and oxygen atoms in total. The maximum Gasteiger partial charge on any atom is 0.253 e. The number of piperazine rings is 1. The summed E-state index contributed by atoms with van der Waals surface area (Å²) in [6, 6.07) is 15.5. The van der Waals surface area contributed by atoms with Crippen molar-refractivity contribution in [3.05, 3.63) is 65.2 Å². The molecule has 31 heavy (non-hydrogen) atoms. The molecule has 1 amide bonds. The number of anilines is 1. The fraction of sp³-hybridized carbons (Fsp3) is 0.375. The van der Waals surface area contributed by atoms with Crippen molar-refractivity contribution in [2.75, 3.05) is 36.8 Å². The highest BCUT2D eigenvalue weighted by atomic mass is 32.2. The highest BCUT2D eigenvalue weighted by molar-refractivity contribution is 8.13. The van der Waals surface area contributed by atoms with Crippen LogP contribution in [0.2, 0.25) is 0 Å². The summed E-state index contributed by atoms with van der Waals surface area (Å²) in [4.78, 5) is 33.3. The number of benzene rings is 2. The Bertz CT molecular complexity index is 995. The third-order valence-electron chi connectivity index (χ3n) is 6.16. The summed E-state index contributed by atoms with van der Waals surface area (Å²) in [6.45, 7) is 6.55. The second-order valence-corrected chi connectivity index (χ2v) is 9.40. The first-order valence-electron chi connectivity index (χ1n) is 10.6. The van der Waals surface area contributed by atoms with Crippen LogP contribution in [-0.4, -0.2) is 53.7 Å². The van der Waals surface area contributed by atoms with Crippen molar-refractivity contribution in [3.63, 3.8) is 0 Å². The molecule has 2 aromatic carbocycles. The minimum absolute atomic E-state index is 0.0606. The number of nitrogens with zero attached hydrogens (tertiary/aromatic N) is 3. The molecule has 0 aliphatic carbocycles. The molecule has 1 saturated heterocycles. The van der Waals surface area contributed by atoms with Crippen molar-refractivity contribution in [2.24, 2.45) is 10.7 Å². The monoisotopic (exact) mass is 436 g/mol. The Labute approximate surface area is 187 Å². The van der Waals surface area contributed by atoms with Gasteiger partial charge in [-0.1, -0.05) is 23.9 Å². The Morgan fingerprint density at radius 2 is 1.58 bits per heavy atom. The lowest BCUT2D eigenvalue weighted by molar-refractivity contribution is 0.0746. The lowest BCUT2D eigenvalue weighted by atomic mass is 9.89. The highest BCUT2D eigenvalue weighted by Gasteiger charge is 2.30. The summed E-state index contributed by atoms with van der Waals surface area (Å²) in [7, 11) is 0. The Balaban J connectivity index is 1.38. The molecule has 2 aliphatic heterocycles. The van der Waals surface area contributed by atoms with E-state index in [2.05, 4.69) is 16.8 Å². The van der Waals surface area contributed by atoms with Gasteiger partial charge in [-0.05, 0) is 62.2 Å². The number of amidine groups is 1. The molecule has 0 saturated carbocycles. The third-order valence-corrected chi connectivity index (χ3v) is 6.95. The van der Waals surface area contributed by atoms with E-state index in [0.717, 1.165) is 42.1 Å². The summed E-state index contributed by atoms with van der Waals surface area (Å²) in [5.74, 6) is 1.08. The van der Waals surface area contributed by atoms with E-state index in [9.17, 15) is 9.59 Å². The molecule has 0 radical (unpaired) electrons. The van der Waals surface area contributed by atoms with Crippen LogP contribution in [0.1, 0.15) is 46.5 Å². The van der Waals surface area contributed by atoms with Gasteiger partial charge in [-0.25, -0.2) is 0 Å². The van der Waals surface area contributed by atoms with Crippen molar-refractivity contribution in [3.8, 4) is 0 Å². The van der Waals surface area contributed by atoms with Gasteiger partial charge in [0, 0.05) is 48.7 Å². The van der Waals surface area contributed by atoms with Gasteiger partial charge in [0.25, 0.3) is 5.91 Å². The quantitative estimate of drug-likeness (QED) is 0.742. The first-order valence-corrected chi connectivity index (χ1v) is 11.6. The molecule has 1 fully saturated rings. The highest BCUT2D eigenvalue weighted by Crippen LogP contribution is 2.35. The summed E-state index contributed by atoms with van der Waals surface area (Å²) in [6.07, 6.45) is 0.932. The van der Waals surface area contributed by atoms with E-state index < -0.39 is 0 Å². The Hall–Kier alpha value is -2.80. The SMILES string of the molecule is CC(=O)c1ccc(N2CCN(C(=O)c3ccc(C4(C)CCSC(N)=N4)cc3)CC2)cc1. The number of ketones is 1. The van der Waals surface area contributed by atoms with Crippen LogP contribution in [0.3, 0.4) is 0 Å². The van der Waals surface area contributed by atoms with Crippen LogP contribution in [0.25, 0.3) is 0 Å². The zero-order chi connectivity index (χ0) is 22.0. The maximum absolute atomic E-state index is 13.0. The average molecular weight is 437 g/mol. The first kappa shape index (κ1) is 21.4. The van der Waals surface area contributed by atoms with E-state index >= 15 is 0 Å². The summed E-state index contributed by atoms with van der Waals surface area (Å²) in [5, 5.41) is 0.628. The van der Waals surface area contributed by atoms with Crippen LogP contribution < -0.4 is 10.6 Å². The number of thioether (sulfide) groups is 1. The van der Waals surface area contributed by atoms with Gasteiger partial charge in [-0.2, -0.15) is 0 Å². The number of amides is 1. The van der Waals surface area contributed by atoms with Gasteiger partial charge in [-0.15, -0.1) is 0 Å². The lowest BCUT2D eigenvalue weighted by Gasteiger charge is -2.36. The Morgan fingerprint density at radius 3 is 2.16 bits per heavy atom. The largest absolute Gasteiger partial charge is 0.379 e. The van der Waals surface area contributed by atoms with Crippen molar-refractivity contribution in [1.82, 2.24) is 4.90 Å². The van der Waals surface area contributed by atoms with Crippen molar-refractivity contribution >= 4 is 34.3 Å². The predicted molar refractivity (Wildman–Crippen MR) is 127 cm³/mol. The number of hydrogen-bond acceptors (Lipinski definition) is 6. The van der Waals surface area contributed by atoms with Crippen molar-refractivity contribution < 1.29 is 9.59 Å². The van der Waals surface area contributed by atoms with Crippen LogP contribution >= 0.6 is 11.8 Å². The van der Waals surface area contributed by atoms with E-state index in [1.54, 1.807) is 18.7 Å². The van der Waals surface area contributed by atoms with Crippen molar-refractivity contribution in [1.29, 1.82) is 0 Å². The molecule has 4 rings (SSSR count). The van der Waals surface area contributed by atoms with Crippen LogP contribution in [0.5, 0.6) is 0 Å². The fourth-order valence-electron chi connectivity index (χ4n) is 4.12. The summed E-state index contributed by atoms with van der Waals surface area (Å²) < 4.78 is 0. The molecular weight excluding hydrogens is 408 g/mol. The van der Waals surface area contributed by atoms with Gasteiger partial charge >= 0.3 is 0 Å². The van der Waals surface area contributed by atoms with Crippen LogP contribution in [0.15, 0.2) is 53.5 Å². The zero-order valence-corrected chi connectivity index (χ0v) is 18.8. The van der Waals surface area contributed by atoms with E-state index in [1.807, 2.05) is 53.4 Å². The second kappa shape index (κ2) is 8.75. The Morgan fingerprint density at radius 1 is 0.968 bits per heavy atom. The minimum atomic E-state index is -0.319. The number of Topliss-reactive ketones (excluding diaryl/α,β-unsaturated/α-hetero) is 1. The number of carbonyl (C=O) groups is 2. The van der Waals surface area contributed by atoms with Gasteiger partial charge < -0.3 is 15.5 Å². The molecular formula is C24H28N4O2S. The molecule has 1 atom stereocenters. The van der Waals surface area contributed by atoms with E-state index in [4.69, 9.17) is 5.73 Å². The lowest BCUT2D eigenvalue weighted by Crippen LogP contribution is -2.48. The number of nitrogens with two attached hydrogens (primary N) is 1. The smallest absolute Gasteiger partial charge is 0.253 e. The third kappa shape index (κ3) is 4.61. The molecule has 2 N–H and O–H groups in total. The van der Waals surface area contributed by atoms with Gasteiger partial charge in [-0.3, -0.25) is 14.6 Å². The molecule has 1 unspecified atom stereocenters. The standard InChI is InChI=1S/C24H28N4O2S/c1-17(29)18-5-9-21(10-6-18)27-12-14-28(15-13-27)22(30)19-3-7-20(8-4-19)24(2)11-16-31-23(25)26-24/h3-10H,11-16H2,1-2H3,(H2,25,26). The van der Waals surface area contributed by atoms with Crippen LogP contribution in [-0.2, 0) is 5.54 Å². The first-order chi connectivity index (χ1) is 14.9. The Kier molecular flexibility index (Phi) is 6.05. The van der Waals surface area contributed by atoms with Gasteiger partial charge in [0.05, 0.1) is 5.54 Å². The van der Waals surface area contributed by atoms with E-state index in [1.165, 1.54) is 0 Å². The molecule has 0 aromatic heterocycles. The predicted octanol–water partition coefficient (Wildman–Crippen LogP) is 3.52. The zero-order valence-electron chi connectivity index (χ0n) is 18.0. The van der Waals surface area contributed by atoms with E-state index in [-0.39, 0.29) is 17.2 Å². The molecule has 2 heterocycles. The molecule has 2 aromatic rings. The number of hydrogen-bond donors (Lipinski definition) is 1. The van der Waals surface area contributed by atoms with Crippen LogP contribution in [0.4, 0.5) is 5.69 Å². The summed E-state index contributed by atoms with van der Waals surface area (Å²) >= 11 is 1.59. The topological polar surface area (TPSA) is 79.0 Å². The summed E-state index contributed by atoms with van der Waals surface area (Å²) in [5.41, 5.74) is 9.20. The second-order valence-electron chi connectivity index (χ2n) is 8.28. The van der Waals surface area contributed by atoms with Gasteiger partial charge in [0.15, 0.2) is 11.0 Å². The number of carbonyl (C=O) groups excluding carboxylic acids is 2. The minimum Gasteiger partial charge on any atom is -0.379 e. The number of rotatable bonds is 4. The van der Waals surface area contributed by atoms with Gasteiger partial charge in [0.1, 0.15) is 0 Å². The van der Waals surface area contributed by atoms with E-state index in [0.29, 0.717) is 23.8 Å². The molecule has 0 spiro atoms. The average Bonchev–Trinajstić information content (AvgIpc) is 2.79. The molecule has 162 valence electrons. The van der Waals surface area contributed by atoms with Gasteiger partial charge in [0.2, 0.25) is 0 Å². The number of aliphatic imine (C=N–C) groups is 1. The van der Waals surface area contributed by atoms with Crippen molar-refractivity contribution in [2.45, 2.75) is 25.8 Å². The molecule has 0 bridgehead atoms. The molecule has 2 aliphatic rings. The van der Waals surface area contributed by atoms with Crippen LogP contribution in [0, 0.1) is 0 Å². The maximum atomic E-state index is 13.0. The fourth-order valence-corrected chi connectivity index (χ4v) is 5.10. The normalized spacial score (nSPS) is 21.5. The molecule has 7 heteroatoms.